The van der Waals surface area contributed by atoms with E-state index in [1.807, 2.05) is 6.07 Å². The molecule has 3 aromatic rings. The van der Waals surface area contributed by atoms with E-state index in [9.17, 15) is 0 Å². The highest BCUT2D eigenvalue weighted by Gasteiger charge is 2.19. The Morgan fingerprint density at radius 1 is 1.45 bits per heavy atom. The number of nitrogens with one attached hydrogen (secondary N) is 1. The van der Waals surface area contributed by atoms with Gasteiger partial charge in [-0.15, -0.1) is 11.3 Å². The van der Waals surface area contributed by atoms with E-state index in [-0.39, 0.29) is 0 Å². The van der Waals surface area contributed by atoms with E-state index < -0.39 is 0 Å². The first kappa shape index (κ1) is 11.6. The number of rotatable bonds is 2. The first-order valence-corrected chi connectivity index (χ1v) is 7.29. The molecule has 0 spiro atoms. The van der Waals surface area contributed by atoms with Crippen LogP contribution in [0.25, 0.3) is 10.2 Å². The van der Waals surface area contributed by atoms with Gasteiger partial charge in [0.05, 0.1) is 17.9 Å². The lowest BCUT2D eigenvalue weighted by atomic mass is 10.2. The van der Waals surface area contributed by atoms with Crippen LogP contribution in [-0.2, 0) is 12.8 Å². The number of aryl methyl sites for hydroxylation is 2. The molecule has 0 atom stereocenters. The Kier molecular flexibility index (Phi) is 2.56. The van der Waals surface area contributed by atoms with Crippen LogP contribution in [0.1, 0.15) is 22.6 Å². The maximum absolute atomic E-state index is 8.34. The molecule has 0 bridgehead atoms. The predicted molar refractivity (Wildman–Crippen MR) is 77.2 cm³/mol. The fraction of sp³-hybridized carbons (Fsp3) is 0.214. The average molecular weight is 284 g/mol. The van der Waals surface area contributed by atoms with Crippen LogP contribution in [0.5, 0.6) is 0 Å². The first-order chi connectivity index (χ1) is 9.83. The minimum Gasteiger partial charge on any atom is -0.463 e. The van der Waals surface area contributed by atoms with Crippen LogP contribution in [-0.4, -0.2) is 15.9 Å². The second kappa shape index (κ2) is 4.42. The highest BCUT2D eigenvalue weighted by molar-refractivity contribution is 7.18. The average Bonchev–Trinajstić information content (AvgIpc) is 3.14. The van der Waals surface area contributed by atoms with Crippen molar-refractivity contribution >= 4 is 27.8 Å². The zero-order chi connectivity index (χ0) is 13.5. The standard InChI is InChI=1S/C14H12N4OS/c15-13-12-10-4-1-5-11(10)20-14(12)16-8-18(13)17-7-9-3-2-6-19-9/h2-3,6-8,15H,1,4-5H2/b15-13?,17-7+. The summed E-state index contributed by atoms with van der Waals surface area (Å²) in [6.45, 7) is 0. The zero-order valence-electron chi connectivity index (χ0n) is 10.7. The zero-order valence-corrected chi connectivity index (χ0v) is 11.5. The number of aromatic nitrogens is 2. The summed E-state index contributed by atoms with van der Waals surface area (Å²) in [4.78, 5) is 6.75. The lowest BCUT2D eigenvalue weighted by molar-refractivity contribution is 0.559. The summed E-state index contributed by atoms with van der Waals surface area (Å²) in [7, 11) is 0. The van der Waals surface area contributed by atoms with Crippen LogP contribution in [0.15, 0.2) is 34.2 Å². The SMILES string of the molecule is N=c1c2c3c(sc2ncn1/N=C/c1ccco1)CCC3. The molecule has 6 heteroatoms. The Hall–Kier alpha value is -2.21. The van der Waals surface area contributed by atoms with E-state index in [0.717, 1.165) is 23.1 Å². The molecule has 0 aromatic carbocycles. The van der Waals surface area contributed by atoms with Gasteiger partial charge in [-0.05, 0) is 37.0 Å². The van der Waals surface area contributed by atoms with E-state index in [1.165, 1.54) is 21.5 Å². The molecule has 5 nitrogen and oxygen atoms in total. The molecule has 0 saturated heterocycles. The first-order valence-electron chi connectivity index (χ1n) is 6.47. The summed E-state index contributed by atoms with van der Waals surface area (Å²) in [5.74, 6) is 0.660. The molecule has 1 aliphatic carbocycles. The molecule has 0 amide bonds. The summed E-state index contributed by atoms with van der Waals surface area (Å²) < 4.78 is 6.70. The molecule has 0 aliphatic heterocycles. The van der Waals surface area contributed by atoms with E-state index in [0.29, 0.717) is 11.2 Å². The number of fused-ring (bicyclic) bond motifs is 3. The Labute approximate surface area is 118 Å². The van der Waals surface area contributed by atoms with Gasteiger partial charge in [0.15, 0.2) is 5.49 Å². The van der Waals surface area contributed by atoms with Gasteiger partial charge in [-0.25, -0.2) is 9.66 Å². The molecule has 0 fully saturated rings. The van der Waals surface area contributed by atoms with Crippen molar-refractivity contribution in [3.05, 3.63) is 46.4 Å². The third kappa shape index (κ3) is 1.72. The maximum Gasteiger partial charge on any atom is 0.158 e. The summed E-state index contributed by atoms with van der Waals surface area (Å²) in [5.41, 5.74) is 1.70. The van der Waals surface area contributed by atoms with E-state index in [2.05, 4.69) is 10.1 Å². The van der Waals surface area contributed by atoms with E-state index >= 15 is 0 Å². The largest absolute Gasteiger partial charge is 0.463 e. The number of nitrogens with zero attached hydrogens (tertiary/aromatic N) is 3. The molecular weight excluding hydrogens is 272 g/mol. The molecule has 20 heavy (non-hydrogen) atoms. The Morgan fingerprint density at radius 2 is 2.40 bits per heavy atom. The Balaban J connectivity index is 1.85. The maximum atomic E-state index is 8.34. The van der Waals surface area contributed by atoms with Crippen molar-refractivity contribution in [2.75, 3.05) is 0 Å². The van der Waals surface area contributed by atoms with Crippen molar-refractivity contribution in [1.82, 2.24) is 9.66 Å². The molecule has 0 saturated carbocycles. The summed E-state index contributed by atoms with van der Waals surface area (Å²) in [6, 6.07) is 3.63. The van der Waals surface area contributed by atoms with Crippen molar-refractivity contribution in [2.45, 2.75) is 19.3 Å². The normalized spacial score (nSPS) is 14.4. The molecular formula is C14H12N4OS. The molecule has 1 N–H and O–H groups in total. The van der Waals surface area contributed by atoms with Gasteiger partial charge < -0.3 is 4.42 Å². The second-order valence-electron chi connectivity index (χ2n) is 4.74. The molecule has 100 valence electrons. The molecule has 0 unspecified atom stereocenters. The second-order valence-corrected chi connectivity index (χ2v) is 5.82. The fourth-order valence-corrected chi connectivity index (χ4v) is 3.80. The Bertz CT molecular complexity index is 857. The van der Waals surface area contributed by atoms with Crippen molar-refractivity contribution in [1.29, 1.82) is 5.41 Å². The van der Waals surface area contributed by atoms with E-state index in [4.69, 9.17) is 9.83 Å². The van der Waals surface area contributed by atoms with Gasteiger partial charge in [-0.2, -0.15) is 5.10 Å². The van der Waals surface area contributed by atoms with Crippen LogP contribution >= 0.6 is 11.3 Å². The summed E-state index contributed by atoms with van der Waals surface area (Å²) in [6.07, 6.45) is 8.14. The highest BCUT2D eigenvalue weighted by Crippen LogP contribution is 2.34. The monoisotopic (exact) mass is 284 g/mol. The predicted octanol–water partition coefficient (Wildman–Crippen LogP) is 2.54. The van der Waals surface area contributed by atoms with Crippen molar-refractivity contribution in [3.8, 4) is 0 Å². The van der Waals surface area contributed by atoms with E-state index in [1.54, 1.807) is 36.2 Å². The van der Waals surface area contributed by atoms with Crippen LogP contribution in [0.3, 0.4) is 0 Å². The van der Waals surface area contributed by atoms with Crippen LogP contribution < -0.4 is 5.49 Å². The highest BCUT2D eigenvalue weighted by atomic mass is 32.1. The molecule has 4 rings (SSSR count). The molecule has 3 heterocycles. The third-order valence-electron chi connectivity index (χ3n) is 3.51. The summed E-state index contributed by atoms with van der Waals surface area (Å²) in [5, 5.41) is 13.6. The minimum atomic E-state index is 0.400. The summed E-state index contributed by atoms with van der Waals surface area (Å²) >= 11 is 1.71. The Morgan fingerprint density at radius 3 is 3.25 bits per heavy atom. The molecule has 1 aliphatic rings. The topological polar surface area (TPSA) is 67.2 Å². The van der Waals surface area contributed by atoms with Crippen molar-refractivity contribution < 1.29 is 4.42 Å². The lowest BCUT2D eigenvalue weighted by Crippen LogP contribution is -2.17. The minimum absolute atomic E-state index is 0.400. The van der Waals surface area contributed by atoms with Crippen molar-refractivity contribution in [2.24, 2.45) is 5.10 Å². The number of hydrogen-bond donors (Lipinski definition) is 1. The number of thiophene rings is 1. The van der Waals surface area contributed by atoms with Crippen LogP contribution in [0, 0.1) is 5.41 Å². The molecule has 3 aromatic heterocycles. The van der Waals surface area contributed by atoms with Gasteiger partial charge in [0.2, 0.25) is 0 Å². The lowest BCUT2D eigenvalue weighted by Gasteiger charge is -2.00. The van der Waals surface area contributed by atoms with Gasteiger partial charge in [-0.1, -0.05) is 0 Å². The van der Waals surface area contributed by atoms with Gasteiger partial charge in [0.1, 0.15) is 16.9 Å². The van der Waals surface area contributed by atoms with Crippen LogP contribution in [0.2, 0.25) is 0 Å². The number of furan rings is 1. The fourth-order valence-electron chi connectivity index (χ4n) is 2.58. The van der Waals surface area contributed by atoms with Gasteiger partial charge >= 0.3 is 0 Å². The molecule has 0 radical (unpaired) electrons. The number of hydrogen-bond acceptors (Lipinski definition) is 5. The van der Waals surface area contributed by atoms with Crippen LogP contribution in [0.4, 0.5) is 0 Å². The van der Waals surface area contributed by atoms with Gasteiger partial charge in [0.25, 0.3) is 0 Å². The third-order valence-corrected chi connectivity index (χ3v) is 4.71. The quantitative estimate of drug-likeness (QED) is 0.735. The van der Waals surface area contributed by atoms with Gasteiger partial charge in [-0.3, -0.25) is 5.41 Å². The van der Waals surface area contributed by atoms with Crippen molar-refractivity contribution in [3.63, 3.8) is 0 Å². The smallest absolute Gasteiger partial charge is 0.158 e. The van der Waals surface area contributed by atoms with Gasteiger partial charge in [0, 0.05) is 4.88 Å².